The number of carbonyl (C=O) groups is 3. The van der Waals surface area contributed by atoms with Crippen LogP contribution in [0.5, 0.6) is 0 Å². The van der Waals surface area contributed by atoms with Crippen LogP contribution in [-0.2, 0) is 16.0 Å². The zero-order chi connectivity index (χ0) is 16.4. The van der Waals surface area contributed by atoms with Crippen molar-refractivity contribution in [2.75, 3.05) is 16.0 Å². The molecule has 0 aromatic heterocycles. The van der Waals surface area contributed by atoms with Crippen molar-refractivity contribution in [1.29, 1.82) is 0 Å². The summed E-state index contributed by atoms with van der Waals surface area (Å²) in [6.07, 6.45) is 0.324. The Kier molecular flexibility index (Phi) is 3.80. The third-order valence-electron chi connectivity index (χ3n) is 3.46. The second kappa shape index (κ2) is 5.92. The first-order chi connectivity index (χ1) is 11.0. The number of fused-ring (bicyclic) bond motifs is 1. The third-order valence-corrected chi connectivity index (χ3v) is 3.46. The molecule has 0 saturated heterocycles. The fourth-order valence-electron chi connectivity index (χ4n) is 2.42. The number of rotatable bonds is 3. The van der Waals surface area contributed by atoms with Gasteiger partial charge in [0.2, 0.25) is 11.8 Å². The summed E-state index contributed by atoms with van der Waals surface area (Å²) >= 11 is 0. The maximum absolute atomic E-state index is 12.2. The lowest BCUT2D eigenvalue weighted by Gasteiger charge is -2.08. The van der Waals surface area contributed by atoms with Crippen LogP contribution in [0.25, 0.3) is 0 Å². The molecule has 0 unspecified atom stereocenters. The summed E-state index contributed by atoms with van der Waals surface area (Å²) in [5.74, 6) is -0.461. The maximum Gasteiger partial charge on any atom is 0.255 e. The van der Waals surface area contributed by atoms with E-state index in [4.69, 9.17) is 0 Å². The van der Waals surface area contributed by atoms with E-state index in [9.17, 15) is 14.4 Å². The Hall–Kier alpha value is -3.15. The van der Waals surface area contributed by atoms with Crippen LogP contribution < -0.4 is 16.0 Å². The molecule has 23 heavy (non-hydrogen) atoms. The van der Waals surface area contributed by atoms with E-state index in [-0.39, 0.29) is 17.7 Å². The number of hydrogen-bond donors (Lipinski definition) is 3. The number of anilines is 3. The molecular weight excluding hydrogens is 294 g/mol. The van der Waals surface area contributed by atoms with E-state index in [2.05, 4.69) is 16.0 Å². The van der Waals surface area contributed by atoms with Gasteiger partial charge in [0.15, 0.2) is 0 Å². The zero-order valence-electron chi connectivity index (χ0n) is 12.5. The standard InChI is InChI=1S/C17H15N3O3/c1-10(21)18-13-4-2-11(3-5-13)17(23)19-14-6-7-15-12(8-14)9-16(22)20-15/h2-8H,9H2,1H3,(H,18,21)(H,19,23)(H,20,22). The average Bonchev–Trinajstić information content (AvgIpc) is 2.86. The van der Waals surface area contributed by atoms with E-state index in [0.717, 1.165) is 11.3 Å². The molecule has 0 bridgehead atoms. The summed E-state index contributed by atoms with van der Waals surface area (Å²) in [6.45, 7) is 1.42. The molecule has 116 valence electrons. The van der Waals surface area contributed by atoms with Gasteiger partial charge in [-0.25, -0.2) is 0 Å². The first-order valence-corrected chi connectivity index (χ1v) is 7.13. The predicted molar refractivity (Wildman–Crippen MR) is 87.5 cm³/mol. The SMILES string of the molecule is CC(=O)Nc1ccc(C(=O)Nc2ccc3c(c2)CC(=O)N3)cc1. The van der Waals surface area contributed by atoms with Crippen molar-refractivity contribution < 1.29 is 14.4 Å². The van der Waals surface area contributed by atoms with E-state index in [1.807, 2.05) is 0 Å². The highest BCUT2D eigenvalue weighted by Crippen LogP contribution is 2.26. The average molecular weight is 309 g/mol. The monoisotopic (exact) mass is 309 g/mol. The van der Waals surface area contributed by atoms with Gasteiger partial charge in [-0.2, -0.15) is 0 Å². The van der Waals surface area contributed by atoms with Gasteiger partial charge < -0.3 is 16.0 Å². The lowest BCUT2D eigenvalue weighted by molar-refractivity contribution is -0.115. The number of nitrogens with one attached hydrogen (secondary N) is 3. The lowest BCUT2D eigenvalue weighted by atomic mass is 10.1. The van der Waals surface area contributed by atoms with Crippen molar-refractivity contribution in [2.45, 2.75) is 13.3 Å². The van der Waals surface area contributed by atoms with E-state index in [1.54, 1.807) is 42.5 Å². The Morgan fingerprint density at radius 1 is 1.00 bits per heavy atom. The summed E-state index contributed by atoms with van der Waals surface area (Å²) in [7, 11) is 0. The fraction of sp³-hybridized carbons (Fsp3) is 0.118. The molecule has 0 aliphatic carbocycles. The molecule has 0 fully saturated rings. The number of amides is 3. The van der Waals surface area contributed by atoms with Crippen LogP contribution in [-0.4, -0.2) is 17.7 Å². The molecule has 3 amide bonds. The van der Waals surface area contributed by atoms with Gasteiger partial charge in [-0.15, -0.1) is 0 Å². The van der Waals surface area contributed by atoms with E-state index in [1.165, 1.54) is 6.92 Å². The van der Waals surface area contributed by atoms with E-state index >= 15 is 0 Å². The van der Waals surface area contributed by atoms with Crippen molar-refractivity contribution in [2.24, 2.45) is 0 Å². The van der Waals surface area contributed by atoms with Crippen LogP contribution in [0, 0.1) is 0 Å². The highest BCUT2D eigenvalue weighted by molar-refractivity contribution is 6.05. The lowest BCUT2D eigenvalue weighted by Crippen LogP contribution is -2.12. The molecule has 0 atom stereocenters. The number of carbonyl (C=O) groups excluding carboxylic acids is 3. The highest BCUT2D eigenvalue weighted by Gasteiger charge is 2.18. The van der Waals surface area contributed by atoms with Gasteiger partial charge in [-0.1, -0.05) is 0 Å². The molecule has 3 N–H and O–H groups in total. The van der Waals surface area contributed by atoms with Crippen molar-refractivity contribution >= 4 is 34.8 Å². The second-order valence-electron chi connectivity index (χ2n) is 5.31. The molecule has 0 spiro atoms. The molecule has 1 aliphatic heterocycles. The first-order valence-electron chi connectivity index (χ1n) is 7.13. The van der Waals surface area contributed by atoms with Gasteiger partial charge in [-0.3, -0.25) is 14.4 Å². The van der Waals surface area contributed by atoms with Crippen LogP contribution in [0.1, 0.15) is 22.8 Å². The topological polar surface area (TPSA) is 87.3 Å². The largest absolute Gasteiger partial charge is 0.326 e. The molecule has 0 saturated carbocycles. The van der Waals surface area contributed by atoms with Crippen LogP contribution in [0.4, 0.5) is 17.1 Å². The van der Waals surface area contributed by atoms with Gasteiger partial charge in [0, 0.05) is 29.5 Å². The van der Waals surface area contributed by atoms with Crippen molar-refractivity contribution in [1.82, 2.24) is 0 Å². The Morgan fingerprint density at radius 2 is 1.70 bits per heavy atom. The minimum absolute atomic E-state index is 0.0444. The molecule has 6 nitrogen and oxygen atoms in total. The Balaban J connectivity index is 1.71. The normalized spacial score (nSPS) is 12.3. The Labute approximate surface area is 132 Å². The predicted octanol–water partition coefficient (Wildman–Crippen LogP) is 2.39. The number of hydrogen-bond acceptors (Lipinski definition) is 3. The Bertz CT molecular complexity index is 797. The van der Waals surface area contributed by atoms with Gasteiger partial charge in [-0.05, 0) is 48.0 Å². The molecule has 1 aliphatic rings. The minimum atomic E-state index is -0.253. The molecule has 1 heterocycles. The van der Waals surface area contributed by atoms with Crippen molar-refractivity contribution in [3.8, 4) is 0 Å². The molecular formula is C17H15N3O3. The third kappa shape index (κ3) is 3.37. The smallest absolute Gasteiger partial charge is 0.255 e. The highest BCUT2D eigenvalue weighted by atomic mass is 16.2. The Morgan fingerprint density at radius 3 is 2.39 bits per heavy atom. The summed E-state index contributed by atoms with van der Waals surface area (Å²) in [6, 6.07) is 11.9. The zero-order valence-corrected chi connectivity index (χ0v) is 12.5. The second-order valence-corrected chi connectivity index (χ2v) is 5.31. The van der Waals surface area contributed by atoms with E-state index < -0.39 is 0 Å². The van der Waals surface area contributed by atoms with Gasteiger partial charge in [0.25, 0.3) is 5.91 Å². The first kappa shape index (κ1) is 14.8. The van der Waals surface area contributed by atoms with Gasteiger partial charge >= 0.3 is 0 Å². The summed E-state index contributed by atoms with van der Waals surface area (Å²) in [5, 5.41) is 8.19. The molecule has 3 rings (SSSR count). The molecule has 6 heteroatoms. The van der Waals surface area contributed by atoms with Crippen LogP contribution >= 0.6 is 0 Å². The van der Waals surface area contributed by atoms with Crippen molar-refractivity contribution in [3.05, 3.63) is 53.6 Å². The quantitative estimate of drug-likeness (QED) is 0.813. The molecule has 2 aromatic rings. The van der Waals surface area contributed by atoms with Gasteiger partial charge in [0.1, 0.15) is 0 Å². The maximum atomic E-state index is 12.2. The molecule has 0 radical (unpaired) electrons. The van der Waals surface area contributed by atoms with Crippen LogP contribution in [0.2, 0.25) is 0 Å². The fourth-order valence-corrected chi connectivity index (χ4v) is 2.42. The summed E-state index contributed by atoms with van der Waals surface area (Å²) in [5.41, 5.74) is 3.41. The number of benzene rings is 2. The van der Waals surface area contributed by atoms with Gasteiger partial charge in [0.05, 0.1) is 6.42 Å². The minimum Gasteiger partial charge on any atom is -0.326 e. The van der Waals surface area contributed by atoms with Crippen LogP contribution in [0.15, 0.2) is 42.5 Å². The van der Waals surface area contributed by atoms with Crippen molar-refractivity contribution in [3.63, 3.8) is 0 Å². The molecule has 2 aromatic carbocycles. The van der Waals surface area contributed by atoms with E-state index in [0.29, 0.717) is 23.4 Å². The van der Waals surface area contributed by atoms with Crippen LogP contribution in [0.3, 0.4) is 0 Å². The summed E-state index contributed by atoms with van der Waals surface area (Å²) < 4.78 is 0. The summed E-state index contributed by atoms with van der Waals surface area (Å²) in [4.78, 5) is 34.5.